The van der Waals surface area contributed by atoms with E-state index in [1.165, 1.54) is 24.1 Å². The number of nitrogens with one attached hydrogen (secondary N) is 1. The van der Waals surface area contributed by atoms with Crippen LogP contribution in [0.4, 0.5) is 5.69 Å². The highest BCUT2D eigenvalue weighted by Crippen LogP contribution is 2.42. The molecule has 1 aliphatic carbocycles. The lowest BCUT2D eigenvalue weighted by atomic mass is 9.97. The van der Waals surface area contributed by atoms with Crippen LogP contribution in [0.3, 0.4) is 0 Å². The Labute approximate surface area is 200 Å². The lowest BCUT2D eigenvalue weighted by Gasteiger charge is -2.35. The summed E-state index contributed by atoms with van der Waals surface area (Å²) >= 11 is 0. The van der Waals surface area contributed by atoms with Gasteiger partial charge in [0.2, 0.25) is 10.0 Å². The summed E-state index contributed by atoms with van der Waals surface area (Å²) in [6, 6.07) is 7.05. The fourth-order valence-corrected chi connectivity index (χ4v) is 5.58. The predicted octanol–water partition coefficient (Wildman–Crippen LogP) is 4.27. The van der Waals surface area contributed by atoms with Gasteiger partial charge in [0.05, 0.1) is 34.9 Å². The zero-order valence-electron chi connectivity index (χ0n) is 20.1. The highest BCUT2D eigenvalue weighted by atomic mass is 32.2. The predicted molar refractivity (Wildman–Crippen MR) is 132 cm³/mol. The second-order valence-electron chi connectivity index (χ2n) is 9.75. The molecule has 2 aromatic heterocycles. The van der Waals surface area contributed by atoms with E-state index < -0.39 is 10.0 Å². The molecule has 8 nitrogen and oxygen atoms in total. The van der Waals surface area contributed by atoms with Gasteiger partial charge >= 0.3 is 0 Å². The molecule has 1 aliphatic heterocycles. The molecule has 5 rings (SSSR count). The minimum Gasteiger partial charge on any atom is -0.330 e. The number of aromatic nitrogens is 3. The van der Waals surface area contributed by atoms with Crippen LogP contribution >= 0.6 is 0 Å². The molecule has 180 valence electrons. The van der Waals surface area contributed by atoms with Crippen LogP contribution in [-0.4, -0.2) is 46.6 Å². The number of sulfonamides is 1. The summed E-state index contributed by atoms with van der Waals surface area (Å²) in [7, 11) is -3.52. The third-order valence-corrected chi connectivity index (χ3v) is 7.51. The summed E-state index contributed by atoms with van der Waals surface area (Å²) in [6.07, 6.45) is 6.16. The van der Waals surface area contributed by atoms with Crippen molar-refractivity contribution >= 4 is 27.3 Å². The van der Waals surface area contributed by atoms with Gasteiger partial charge in [-0.3, -0.25) is 9.52 Å². The van der Waals surface area contributed by atoms with Gasteiger partial charge in [-0.25, -0.2) is 17.9 Å². The summed E-state index contributed by atoms with van der Waals surface area (Å²) in [5.74, 6) is 0.345. The Hall–Kier alpha value is -2.94. The molecule has 3 aromatic rings. The normalized spacial score (nSPS) is 18.9. The molecule has 1 N–H and O–H groups in total. The highest BCUT2D eigenvalue weighted by molar-refractivity contribution is 7.92. The molecular formula is C25H31N5O3S. The van der Waals surface area contributed by atoms with Gasteiger partial charge in [0.1, 0.15) is 0 Å². The Morgan fingerprint density at radius 2 is 1.85 bits per heavy atom. The number of likely N-dealkylation sites (tertiary alicyclic amines) is 1. The van der Waals surface area contributed by atoms with Crippen LogP contribution in [0.1, 0.15) is 82.6 Å². The molecule has 1 amide bonds. The summed E-state index contributed by atoms with van der Waals surface area (Å²) < 4.78 is 28.3. The van der Waals surface area contributed by atoms with E-state index in [-0.39, 0.29) is 11.9 Å². The minimum atomic E-state index is -3.52. The first-order chi connectivity index (χ1) is 16.1. The second kappa shape index (κ2) is 8.37. The van der Waals surface area contributed by atoms with Gasteiger partial charge in [-0.15, -0.1) is 0 Å². The van der Waals surface area contributed by atoms with E-state index >= 15 is 0 Å². The smallest absolute Gasteiger partial charge is 0.256 e. The van der Waals surface area contributed by atoms with Gasteiger partial charge in [0.25, 0.3) is 5.91 Å². The molecule has 34 heavy (non-hydrogen) atoms. The van der Waals surface area contributed by atoms with Crippen LogP contribution in [0.15, 0.2) is 24.3 Å². The molecule has 0 unspecified atom stereocenters. The molecule has 1 atom stereocenters. The van der Waals surface area contributed by atoms with Crippen LogP contribution < -0.4 is 4.72 Å². The second-order valence-corrected chi connectivity index (χ2v) is 11.5. The minimum absolute atomic E-state index is 0.179. The van der Waals surface area contributed by atoms with E-state index in [0.29, 0.717) is 23.7 Å². The Balaban J connectivity index is 1.55. The van der Waals surface area contributed by atoms with Crippen molar-refractivity contribution in [3.63, 3.8) is 0 Å². The number of amides is 1. The van der Waals surface area contributed by atoms with Crippen LogP contribution in [0.25, 0.3) is 5.65 Å². The van der Waals surface area contributed by atoms with Crippen molar-refractivity contribution in [2.45, 2.75) is 64.8 Å². The van der Waals surface area contributed by atoms with E-state index in [4.69, 9.17) is 10.1 Å². The number of hydrogen-bond donors (Lipinski definition) is 1. The third-order valence-electron chi connectivity index (χ3n) is 6.92. The van der Waals surface area contributed by atoms with Crippen LogP contribution in [-0.2, 0) is 10.0 Å². The fraction of sp³-hybridized carbons (Fsp3) is 0.480. The van der Waals surface area contributed by atoms with Crippen molar-refractivity contribution in [3.05, 3.63) is 58.0 Å². The first-order valence-corrected chi connectivity index (χ1v) is 13.8. The molecule has 2 fully saturated rings. The van der Waals surface area contributed by atoms with Crippen molar-refractivity contribution in [3.8, 4) is 0 Å². The fourth-order valence-electron chi connectivity index (χ4n) is 5.01. The lowest BCUT2D eigenvalue weighted by molar-refractivity contribution is 0.0606. The summed E-state index contributed by atoms with van der Waals surface area (Å²) in [5, 5.41) is 4.97. The maximum Gasteiger partial charge on any atom is 0.256 e. The Morgan fingerprint density at radius 3 is 2.56 bits per heavy atom. The molecule has 3 heterocycles. The maximum atomic E-state index is 13.8. The van der Waals surface area contributed by atoms with Crippen molar-refractivity contribution in [2.75, 3.05) is 17.5 Å². The van der Waals surface area contributed by atoms with Crippen molar-refractivity contribution in [1.82, 2.24) is 19.5 Å². The highest BCUT2D eigenvalue weighted by Gasteiger charge is 2.34. The first kappa shape index (κ1) is 22.8. The summed E-state index contributed by atoms with van der Waals surface area (Å²) in [5.41, 5.74) is 6.69. The van der Waals surface area contributed by atoms with E-state index in [1.807, 2.05) is 29.3 Å². The number of piperidine rings is 1. The molecule has 1 aromatic carbocycles. The van der Waals surface area contributed by atoms with Crippen molar-refractivity contribution in [1.29, 1.82) is 0 Å². The Bertz CT molecular complexity index is 1390. The van der Waals surface area contributed by atoms with E-state index in [2.05, 4.69) is 11.6 Å². The van der Waals surface area contributed by atoms with Crippen molar-refractivity contribution < 1.29 is 13.2 Å². The summed E-state index contributed by atoms with van der Waals surface area (Å²) in [4.78, 5) is 20.4. The number of carbonyl (C=O) groups is 1. The van der Waals surface area contributed by atoms with E-state index in [9.17, 15) is 13.2 Å². The monoisotopic (exact) mass is 481 g/mol. The molecule has 0 bridgehead atoms. The van der Waals surface area contributed by atoms with Crippen molar-refractivity contribution in [2.24, 2.45) is 0 Å². The lowest BCUT2D eigenvalue weighted by Crippen LogP contribution is -2.39. The number of hydrogen-bond acceptors (Lipinski definition) is 5. The quantitative estimate of drug-likeness (QED) is 0.587. The molecule has 1 saturated carbocycles. The van der Waals surface area contributed by atoms with Gasteiger partial charge in [-0.2, -0.15) is 5.10 Å². The molecular weight excluding hydrogens is 450 g/mol. The zero-order valence-corrected chi connectivity index (χ0v) is 20.9. The van der Waals surface area contributed by atoms with Crippen LogP contribution in [0.2, 0.25) is 0 Å². The van der Waals surface area contributed by atoms with Crippen LogP contribution in [0, 0.1) is 20.8 Å². The van der Waals surface area contributed by atoms with E-state index in [0.717, 1.165) is 48.1 Å². The van der Waals surface area contributed by atoms with Gasteiger partial charge < -0.3 is 4.90 Å². The number of anilines is 1. The van der Waals surface area contributed by atoms with Gasteiger partial charge in [-0.05, 0) is 70.6 Å². The third kappa shape index (κ3) is 4.29. The number of benzene rings is 1. The Morgan fingerprint density at radius 1 is 1.09 bits per heavy atom. The molecule has 2 aliphatic rings. The topological polar surface area (TPSA) is 96.7 Å². The summed E-state index contributed by atoms with van der Waals surface area (Å²) in [6.45, 7) is 6.65. The largest absolute Gasteiger partial charge is 0.330 e. The zero-order chi connectivity index (χ0) is 24.2. The molecule has 0 spiro atoms. The average Bonchev–Trinajstić information content (AvgIpc) is 3.53. The number of nitrogens with zero attached hydrogens (tertiary/aromatic N) is 4. The van der Waals surface area contributed by atoms with Crippen LogP contribution in [0.5, 0.6) is 0 Å². The first-order valence-electron chi connectivity index (χ1n) is 11.9. The van der Waals surface area contributed by atoms with Gasteiger partial charge in [-0.1, -0.05) is 11.6 Å². The number of fused-ring (bicyclic) bond motifs is 1. The van der Waals surface area contributed by atoms with E-state index in [1.54, 1.807) is 18.2 Å². The molecule has 1 saturated heterocycles. The van der Waals surface area contributed by atoms with Gasteiger partial charge in [0, 0.05) is 24.2 Å². The average molecular weight is 482 g/mol. The number of aryl methyl sites for hydroxylation is 2. The molecule has 0 radical (unpaired) electrons. The molecule has 9 heteroatoms. The number of carbonyl (C=O) groups excluding carboxylic acids is 1. The maximum absolute atomic E-state index is 13.8. The SMILES string of the molecule is Cc1ccc(NS(C)(=O)=O)c(C(=O)N2CCCC[C@H]2c2cc3nc(C)c(C)c(C4CC4)n3n2)c1. The van der Waals surface area contributed by atoms with Gasteiger partial charge in [0.15, 0.2) is 5.65 Å². The standard InChI is InChI=1S/C25H31N5O3S/c1-15-8-11-20(28-34(4,32)33)19(13-15)25(31)29-12-6-5-7-22(29)21-14-23-26-17(3)16(2)24(18-9-10-18)30(23)27-21/h8,11,13-14,18,22,28H,5-7,9-10,12H2,1-4H3/t22-/m0/s1. The number of rotatable bonds is 5. The Kier molecular flexibility index (Phi) is 5.62.